The van der Waals surface area contributed by atoms with Crippen molar-refractivity contribution in [3.63, 3.8) is 0 Å². The van der Waals surface area contributed by atoms with E-state index in [-0.39, 0.29) is 16.3 Å². The van der Waals surface area contributed by atoms with Crippen LogP contribution in [0.15, 0.2) is 16.3 Å². The molecule has 0 spiro atoms. The molecule has 6 nitrogen and oxygen atoms in total. The highest BCUT2D eigenvalue weighted by atomic mass is 32.2. The van der Waals surface area contributed by atoms with Gasteiger partial charge >= 0.3 is 5.97 Å². The fraction of sp³-hybridized carbons (Fsp3) is 0.615. The van der Waals surface area contributed by atoms with Gasteiger partial charge < -0.3 is 9.47 Å². The maximum Gasteiger partial charge on any atom is 0.349 e. The average Bonchev–Trinajstić information content (AvgIpc) is 3.14. The Labute approximate surface area is 128 Å². The second-order valence-corrected chi connectivity index (χ2v) is 7.53. The summed E-state index contributed by atoms with van der Waals surface area (Å²) in [5.41, 5.74) is 0. The van der Waals surface area contributed by atoms with E-state index in [0.29, 0.717) is 18.9 Å². The number of carbonyl (C=O) groups excluding carboxylic acids is 1. The lowest BCUT2D eigenvalue weighted by Gasteiger charge is -2.07. The normalized spacial score (nSPS) is 15.1. The predicted molar refractivity (Wildman–Crippen MR) is 79.0 cm³/mol. The van der Waals surface area contributed by atoms with Crippen molar-refractivity contribution >= 4 is 27.3 Å². The van der Waals surface area contributed by atoms with Crippen LogP contribution in [0.2, 0.25) is 0 Å². The van der Waals surface area contributed by atoms with Gasteiger partial charge in [-0.1, -0.05) is 0 Å². The molecule has 0 atom stereocenters. The predicted octanol–water partition coefficient (Wildman–Crippen LogP) is 1.63. The molecule has 118 valence electrons. The van der Waals surface area contributed by atoms with E-state index >= 15 is 0 Å². The van der Waals surface area contributed by atoms with E-state index in [4.69, 9.17) is 4.74 Å². The third-order valence-corrected chi connectivity index (χ3v) is 5.62. The van der Waals surface area contributed by atoms with Crippen LogP contribution in [0.5, 0.6) is 0 Å². The van der Waals surface area contributed by atoms with Crippen LogP contribution in [0.3, 0.4) is 0 Å². The van der Waals surface area contributed by atoms with Crippen LogP contribution in [-0.4, -0.2) is 41.3 Å². The molecule has 1 fully saturated rings. The minimum absolute atomic E-state index is 0.0294. The Kier molecular flexibility index (Phi) is 5.74. The smallest absolute Gasteiger partial charge is 0.349 e. The van der Waals surface area contributed by atoms with Crippen molar-refractivity contribution in [3.05, 3.63) is 16.3 Å². The second-order valence-electron chi connectivity index (χ2n) is 4.88. The molecule has 8 heteroatoms. The van der Waals surface area contributed by atoms with Crippen LogP contribution in [0, 0.1) is 5.92 Å². The molecule has 0 aromatic carbocycles. The molecule has 0 aliphatic heterocycles. The van der Waals surface area contributed by atoms with Crippen molar-refractivity contribution in [1.29, 1.82) is 0 Å². The lowest BCUT2D eigenvalue weighted by molar-refractivity contribution is 0.0602. The van der Waals surface area contributed by atoms with Crippen molar-refractivity contribution in [2.45, 2.75) is 24.2 Å². The first-order chi connectivity index (χ1) is 10.0. The lowest BCUT2D eigenvalue weighted by Crippen LogP contribution is -2.26. The van der Waals surface area contributed by atoms with E-state index in [1.54, 1.807) is 5.38 Å². The molecule has 1 aromatic rings. The first-order valence-corrected chi connectivity index (χ1v) is 9.14. The Morgan fingerprint density at radius 3 is 2.90 bits per heavy atom. The molecule has 0 unspecified atom stereocenters. The molecule has 1 aromatic heterocycles. The number of rotatable bonds is 9. The molecule has 1 aliphatic carbocycles. The summed E-state index contributed by atoms with van der Waals surface area (Å²) >= 11 is 1.05. The average molecular weight is 333 g/mol. The van der Waals surface area contributed by atoms with Crippen LogP contribution >= 0.6 is 11.3 Å². The number of hydrogen-bond acceptors (Lipinski definition) is 6. The topological polar surface area (TPSA) is 81.7 Å². The van der Waals surface area contributed by atoms with Crippen molar-refractivity contribution < 1.29 is 22.7 Å². The molecule has 0 amide bonds. The Balaban J connectivity index is 1.80. The van der Waals surface area contributed by atoms with Crippen LogP contribution in [0.4, 0.5) is 0 Å². The summed E-state index contributed by atoms with van der Waals surface area (Å²) < 4.78 is 36.8. The molecule has 21 heavy (non-hydrogen) atoms. The Bertz CT molecular complexity index is 577. The van der Waals surface area contributed by atoms with Gasteiger partial charge in [0.25, 0.3) is 0 Å². The number of esters is 1. The summed E-state index contributed by atoms with van der Waals surface area (Å²) in [7, 11) is -2.46. The van der Waals surface area contributed by atoms with Gasteiger partial charge in [-0.2, -0.15) is 0 Å². The van der Waals surface area contributed by atoms with Gasteiger partial charge in [0.1, 0.15) is 9.77 Å². The van der Waals surface area contributed by atoms with E-state index in [0.717, 1.165) is 17.9 Å². The second kappa shape index (κ2) is 7.35. The number of hydrogen-bond donors (Lipinski definition) is 1. The van der Waals surface area contributed by atoms with Crippen LogP contribution in [0.25, 0.3) is 0 Å². The van der Waals surface area contributed by atoms with Gasteiger partial charge in [-0.25, -0.2) is 17.9 Å². The molecule has 0 saturated heterocycles. The monoisotopic (exact) mass is 333 g/mol. The number of ether oxygens (including phenoxy) is 2. The molecule has 1 heterocycles. The van der Waals surface area contributed by atoms with Gasteiger partial charge in [0, 0.05) is 19.8 Å². The van der Waals surface area contributed by atoms with Gasteiger partial charge in [-0.05, 0) is 36.6 Å². The van der Waals surface area contributed by atoms with Gasteiger partial charge in [0.2, 0.25) is 10.0 Å². The fourth-order valence-corrected chi connectivity index (χ4v) is 4.15. The molecule has 2 rings (SSSR count). The molecular formula is C13H19NO5S2. The van der Waals surface area contributed by atoms with E-state index in [2.05, 4.69) is 9.46 Å². The van der Waals surface area contributed by atoms with Crippen molar-refractivity contribution in [2.24, 2.45) is 5.92 Å². The Morgan fingerprint density at radius 1 is 1.48 bits per heavy atom. The maximum absolute atomic E-state index is 12.1. The van der Waals surface area contributed by atoms with E-state index in [1.807, 2.05) is 0 Å². The third kappa shape index (κ3) is 4.77. The highest BCUT2D eigenvalue weighted by molar-refractivity contribution is 7.89. The lowest BCUT2D eigenvalue weighted by atomic mass is 10.4. The van der Waals surface area contributed by atoms with E-state index in [9.17, 15) is 13.2 Å². The van der Waals surface area contributed by atoms with Crippen LogP contribution < -0.4 is 4.72 Å². The van der Waals surface area contributed by atoms with Crippen LogP contribution in [0.1, 0.15) is 28.9 Å². The van der Waals surface area contributed by atoms with Gasteiger partial charge in [-0.15, -0.1) is 11.3 Å². The highest BCUT2D eigenvalue weighted by Crippen LogP contribution is 2.28. The molecule has 1 aliphatic rings. The van der Waals surface area contributed by atoms with Gasteiger partial charge in [-0.3, -0.25) is 0 Å². The first-order valence-electron chi connectivity index (χ1n) is 6.78. The summed E-state index contributed by atoms with van der Waals surface area (Å²) in [4.78, 5) is 11.6. The Hall–Kier alpha value is -0.960. The highest BCUT2D eigenvalue weighted by Gasteiger charge is 2.24. The molecule has 1 N–H and O–H groups in total. The summed E-state index contributed by atoms with van der Waals surface area (Å²) in [6.07, 6.45) is 3.08. The molecular weight excluding hydrogens is 314 g/mol. The fourth-order valence-electron chi connectivity index (χ4n) is 1.74. The zero-order valence-corrected chi connectivity index (χ0v) is 13.5. The number of carbonyl (C=O) groups is 1. The number of thiophene rings is 1. The standard InChI is InChI=1S/C13H19NO5S2/c1-18-13(15)12-11(5-8-20-12)21(16,17)14-6-2-7-19-9-10-3-4-10/h5,8,10,14H,2-4,6-7,9H2,1H3. The summed E-state index contributed by atoms with van der Waals surface area (Å²) in [6.45, 7) is 1.58. The number of nitrogens with one attached hydrogen (secondary N) is 1. The molecule has 0 radical (unpaired) electrons. The minimum atomic E-state index is -3.69. The van der Waals surface area contributed by atoms with E-state index in [1.165, 1.54) is 26.0 Å². The number of methoxy groups -OCH3 is 1. The van der Waals surface area contributed by atoms with Crippen molar-refractivity contribution in [3.8, 4) is 0 Å². The number of sulfonamides is 1. The van der Waals surface area contributed by atoms with Crippen molar-refractivity contribution in [2.75, 3.05) is 26.9 Å². The summed E-state index contributed by atoms with van der Waals surface area (Å²) in [6, 6.07) is 1.41. The quantitative estimate of drug-likeness (QED) is 0.549. The Morgan fingerprint density at radius 2 is 2.24 bits per heavy atom. The third-order valence-electron chi connectivity index (χ3n) is 3.10. The van der Waals surface area contributed by atoms with Gasteiger partial charge in [0.05, 0.1) is 7.11 Å². The first kappa shape index (κ1) is 16.4. The van der Waals surface area contributed by atoms with Gasteiger partial charge in [0.15, 0.2) is 0 Å². The minimum Gasteiger partial charge on any atom is -0.465 e. The SMILES string of the molecule is COC(=O)c1sccc1S(=O)(=O)NCCCOCC1CC1. The molecule has 1 saturated carbocycles. The summed E-state index contributed by atoms with van der Waals surface area (Å²) in [5, 5.41) is 1.56. The van der Waals surface area contributed by atoms with Crippen molar-refractivity contribution in [1.82, 2.24) is 4.72 Å². The largest absolute Gasteiger partial charge is 0.465 e. The summed E-state index contributed by atoms with van der Waals surface area (Å²) in [5.74, 6) is 0.0632. The van der Waals surface area contributed by atoms with E-state index < -0.39 is 16.0 Å². The zero-order valence-electron chi connectivity index (χ0n) is 11.8. The zero-order chi connectivity index (χ0) is 15.3. The van der Waals surface area contributed by atoms with Crippen LogP contribution in [-0.2, 0) is 19.5 Å². The maximum atomic E-state index is 12.1. The molecule has 0 bridgehead atoms.